The van der Waals surface area contributed by atoms with Gasteiger partial charge in [0.25, 0.3) is 0 Å². The van der Waals surface area contributed by atoms with Gasteiger partial charge in [-0.2, -0.15) is 0 Å². The summed E-state index contributed by atoms with van der Waals surface area (Å²) >= 11 is 0. The van der Waals surface area contributed by atoms with E-state index in [4.69, 9.17) is 5.11 Å². The Morgan fingerprint density at radius 3 is 1.83 bits per heavy atom. The van der Waals surface area contributed by atoms with E-state index in [1.807, 2.05) is 0 Å². The molecule has 0 bridgehead atoms. The summed E-state index contributed by atoms with van der Waals surface area (Å²) in [5, 5.41) is 8.75. The average molecular weight is 170 g/mol. The van der Waals surface area contributed by atoms with E-state index in [0.717, 1.165) is 31.3 Å². The Balaban J connectivity index is 4.43. The van der Waals surface area contributed by atoms with Crippen LogP contribution in [0.4, 0.5) is 0 Å². The first-order valence-electron chi connectivity index (χ1n) is 4.55. The lowest BCUT2D eigenvalue weighted by Gasteiger charge is -2.06. The Labute approximate surface area is 74.3 Å². The Morgan fingerprint density at radius 2 is 1.58 bits per heavy atom. The molecular weight excluding hydrogens is 152 g/mol. The van der Waals surface area contributed by atoms with Gasteiger partial charge in [0.15, 0.2) is 0 Å². The molecule has 0 saturated carbocycles. The highest BCUT2D eigenvalue weighted by atomic mass is 16.4. The molecule has 0 aliphatic heterocycles. The monoisotopic (exact) mass is 170 g/mol. The number of carboxylic acids is 1. The van der Waals surface area contributed by atoms with Gasteiger partial charge < -0.3 is 5.11 Å². The topological polar surface area (TPSA) is 37.3 Å². The van der Waals surface area contributed by atoms with Crippen molar-refractivity contribution in [2.24, 2.45) is 0 Å². The minimum absolute atomic E-state index is 0.540. The summed E-state index contributed by atoms with van der Waals surface area (Å²) in [5.41, 5.74) is 1.64. The molecule has 0 unspecified atom stereocenters. The van der Waals surface area contributed by atoms with Crippen molar-refractivity contribution >= 4 is 5.97 Å². The van der Waals surface area contributed by atoms with Crippen molar-refractivity contribution < 1.29 is 9.90 Å². The van der Waals surface area contributed by atoms with E-state index in [9.17, 15) is 4.79 Å². The predicted molar refractivity (Wildman–Crippen MR) is 50.2 cm³/mol. The number of aliphatic carboxylic acids is 1. The van der Waals surface area contributed by atoms with Crippen LogP contribution in [0.3, 0.4) is 0 Å². The lowest BCUT2D eigenvalue weighted by molar-refractivity contribution is -0.132. The molecule has 0 rings (SSSR count). The van der Waals surface area contributed by atoms with Crippen LogP contribution in [0.5, 0.6) is 0 Å². The zero-order valence-electron chi connectivity index (χ0n) is 8.18. The Kier molecular flexibility index (Phi) is 5.43. The van der Waals surface area contributed by atoms with E-state index in [1.165, 1.54) is 0 Å². The maximum Gasteiger partial charge on any atom is 0.331 e. The first-order chi connectivity index (χ1) is 5.63. The smallest absolute Gasteiger partial charge is 0.331 e. The van der Waals surface area contributed by atoms with E-state index in [1.54, 1.807) is 6.92 Å². The number of allylic oxidation sites excluding steroid dienone is 1. The fourth-order valence-corrected chi connectivity index (χ4v) is 1.25. The quantitative estimate of drug-likeness (QED) is 0.644. The molecule has 70 valence electrons. The maximum atomic E-state index is 10.6. The number of carbonyl (C=O) groups is 1. The summed E-state index contributed by atoms with van der Waals surface area (Å²) in [7, 11) is 0. The van der Waals surface area contributed by atoms with Gasteiger partial charge in [-0.05, 0) is 19.8 Å². The third kappa shape index (κ3) is 3.56. The van der Waals surface area contributed by atoms with Crippen molar-refractivity contribution in [3.05, 3.63) is 11.1 Å². The van der Waals surface area contributed by atoms with E-state index < -0.39 is 5.97 Å². The molecule has 0 spiro atoms. The molecule has 0 amide bonds. The largest absolute Gasteiger partial charge is 0.478 e. The van der Waals surface area contributed by atoms with Crippen molar-refractivity contribution in [2.45, 2.75) is 46.5 Å². The third-order valence-corrected chi connectivity index (χ3v) is 1.95. The van der Waals surface area contributed by atoms with Crippen molar-refractivity contribution in [3.8, 4) is 0 Å². The van der Waals surface area contributed by atoms with Gasteiger partial charge in [0.05, 0.1) is 0 Å². The lowest BCUT2D eigenvalue weighted by Crippen LogP contribution is -2.01. The predicted octanol–water partition coefficient (Wildman–Crippen LogP) is 2.99. The van der Waals surface area contributed by atoms with Crippen LogP contribution in [0, 0.1) is 0 Å². The second kappa shape index (κ2) is 5.81. The normalized spacial score (nSPS) is 9.58. The number of carboxylic acid groups (broad SMARTS) is 1. The Hall–Kier alpha value is -0.790. The van der Waals surface area contributed by atoms with E-state index in [-0.39, 0.29) is 0 Å². The summed E-state index contributed by atoms with van der Waals surface area (Å²) in [5.74, 6) is -0.771. The molecule has 0 atom stereocenters. The van der Waals surface area contributed by atoms with Crippen LogP contribution < -0.4 is 0 Å². The molecule has 0 aromatic rings. The van der Waals surface area contributed by atoms with Gasteiger partial charge in [-0.3, -0.25) is 0 Å². The van der Waals surface area contributed by atoms with Gasteiger partial charge in [0, 0.05) is 5.57 Å². The highest BCUT2D eigenvalue weighted by Crippen LogP contribution is 2.16. The SMILES string of the molecule is CCCC(CCC)=C(C)C(=O)O. The van der Waals surface area contributed by atoms with Crippen molar-refractivity contribution in [1.82, 2.24) is 0 Å². The highest BCUT2D eigenvalue weighted by Gasteiger charge is 2.06. The molecule has 0 radical (unpaired) electrons. The van der Waals surface area contributed by atoms with Gasteiger partial charge in [-0.1, -0.05) is 32.3 Å². The van der Waals surface area contributed by atoms with Gasteiger partial charge in [-0.25, -0.2) is 4.79 Å². The number of hydrogen-bond donors (Lipinski definition) is 1. The summed E-state index contributed by atoms with van der Waals surface area (Å²) < 4.78 is 0. The summed E-state index contributed by atoms with van der Waals surface area (Å²) in [6.07, 6.45) is 3.90. The van der Waals surface area contributed by atoms with Gasteiger partial charge in [0.2, 0.25) is 0 Å². The Bertz CT molecular complexity index is 172. The van der Waals surface area contributed by atoms with Crippen molar-refractivity contribution in [2.75, 3.05) is 0 Å². The molecule has 2 heteroatoms. The van der Waals surface area contributed by atoms with Gasteiger partial charge in [-0.15, -0.1) is 0 Å². The standard InChI is InChI=1S/C10H18O2/c1-4-6-9(7-5-2)8(3)10(11)12/h4-7H2,1-3H3,(H,11,12). The molecule has 0 aliphatic carbocycles. The highest BCUT2D eigenvalue weighted by molar-refractivity contribution is 5.86. The number of rotatable bonds is 5. The minimum atomic E-state index is -0.771. The molecular formula is C10H18O2. The zero-order valence-corrected chi connectivity index (χ0v) is 8.18. The Morgan fingerprint density at radius 1 is 1.17 bits per heavy atom. The van der Waals surface area contributed by atoms with Gasteiger partial charge in [0.1, 0.15) is 0 Å². The second-order valence-electron chi connectivity index (χ2n) is 3.03. The van der Waals surface area contributed by atoms with Crippen LogP contribution in [-0.4, -0.2) is 11.1 Å². The van der Waals surface area contributed by atoms with E-state index >= 15 is 0 Å². The maximum absolute atomic E-state index is 10.6. The number of hydrogen-bond acceptors (Lipinski definition) is 1. The minimum Gasteiger partial charge on any atom is -0.478 e. The molecule has 0 fully saturated rings. The summed E-state index contributed by atoms with van der Waals surface area (Å²) in [6, 6.07) is 0. The van der Waals surface area contributed by atoms with E-state index in [0.29, 0.717) is 5.57 Å². The fraction of sp³-hybridized carbons (Fsp3) is 0.700. The van der Waals surface area contributed by atoms with Crippen LogP contribution in [0.1, 0.15) is 46.5 Å². The van der Waals surface area contributed by atoms with Gasteiger partial charge >= 0.3 is 5.97 Å². The van der Waals surface area contributed by atoms with Crippen LogP contribution >= 0.6 is 0 Å². The molecule has 0 saturated heterocycles. The molecule has 0 heterocycles. The van der Waals surface area contributed by atoms with Crippen LogP contribution in [-0.2, 0) is 4.79 Å². The molecule has 1 N–H and O–H groups in total. The first-order valence-corrected chi connectivity index (χ1v) is 4.55. The van der Waals surface area contributed by atoms with Crippen molar-refractivity contribution in [1.29, 1.82) is 0 Å². The molecule has 12 heavy (non-hydrogen) atoms. The van der Waals surface area contributed by atoms with Crippen LogP contribution in [0.25, 0.3) is 0 Å². The van der Waals surface area contributed by atoms with Crippen LogP contribution in [0.15, 0.2) is 11.1 Å². The zero-order chi connectivity index (χ0) is 9.56. The summed E-state index contributed by atoms with van der Waals surface area (Å²) in [4.78, 5) is 10.6. The molecule has 0 aromatic heterocycles. The molecule has 2 nitrogen and oxygen atoms in total. The lowest BCUT2D eigenvalue weighted by atomic mass is 10.0. The first kappa shape index (κ1) is 11.2. The summed E-state index contributed by atoms with van der Waals surface area (Å²) in [6.45, 7) is 5.85. The van der Waals surface area contributed by atoms with E-state index in [2.05, 4.69) is 13.8 Å². The fourth-order valence-electron chi connectivity index (χ4n) is 1.25. The third-order valence-electron chi connectivity index (χ3n) is 1.95. The molecule has 0 aromatic carbocycles. The average Bonchev–Trinajstić information content (AvgIpc) is 2.03. The molecule has 0 aliphatic rings. The van der Waals surface area contributed by atoms with Crippen molar-refractivity contribution in [3.63, 3.8) is 0 Å². The van der Waals surface area contributed by atoms with Crippen LogP contribution in [0.2, 0.25) is 0 Å². The second-order valence-corrected chi connectivity index (χ2v) is 3.03.